The maximum Gasteiger partial charge on any atom is 0.323 e. The third-order valence-corrected chi connectivity index (χ3v) is 4.29. The smallest absolute Gasteiger partial charge is 0.323 e. The van der Waals surface area contributed by atoms with E-state index >= 15 is 0 Å². The molecule has 0 saturated carbocycles. The highest BCUT2D eigenvalue weighted by Gasteiger charge is 2.37. The van der Waals surface area contributed by atoms with Gasteiger partial charge in [0, 0.05) is 19.0 Å². The summed E-state index contributed by atoms with van der Waals surface area (Å²) in [5, 5.41) is 10.2. The highest BCUT2D eigenvalue weighted by atomic mass is 16.3. The zero-order valence-corrected chi connectivity index (χ0v) is 13.4. The van der Waals surface area contributed by atoms with Gasteiger partial charge in [-0.2, -0.15) is 4.57 Å². The van der Waals surface area contributed by atoms with Crippen molar-refractivity contribution in [2.45, 2.75) is 19.4 Å². The van der Waals surface area contributed by atoms with Crippen LogP contribution in [0.5, 0.6) is 0 Å². The van der Waals surface area contributed by atoms with Crippen molar-refractivity contribution in [3.63, 3.8) is 0 Å². The van der Waals surface area contributed by atoms with E-state index in [0.717, 1.165) is 5.56 Å². The van der Waals surface area contributed by atoms with Gasteiger partial charge in [0.25, 0.3) is 0 Å². The number of aliphatic hydroxyl groups excluding tert-OH is 1. The molecule has 24 heavy (non-hydrogen) atoms. The van der Waals surface area contributed by atoms with Crippen molar-refractivity contribution in [1.82, 2.24) is 4.90 Å². The van der Waals surface area contributed by atoms with Crippen molar-refractivity contribution in [1.29, 1.82) is 0 Å². The molecule has 0 saturated heterocycles. The van der Waals surface area contributed by atoms with Crippen LogP contribution in [0.1, 0.15) is 35.3 Å². The van der Waals surface area contributed by atoms with Crippen molar-refractivity contribution >= 4 is 17.9 Å². The maximum absolute atomic E-state index is 12.9. The van der Waals surface area contributed by atoms with Gasteiger partial charge in [-0.05, 0) is 18.6 Å². The molecule has 0 radical (unpaired) electrons. The molecule has 3 rings (SSSR count). The molecule has 5 nitrogen and oxygen atoms in total. The van der Waals surface area contributed by atoms with E-state index in [2.05, 4.69) is 0 Å². The second-order valence-electron chi connectivity index (χ2n) is 5.79. The van der Waals surface area contributed by atoms with Gasteiger partial charge in [-0.15, -0.1) is 0 Å². The van der Waals surface area contributed by atoms with Gasteiger partial charge in [-0.25, -0.2) is 0 Å². The zero-order chi connectivity index (χ0) is 17.1. The number of pyridine rings is 1. The molecular weight excluding hydrogens is 304 g/mol. The minimum absolute atomic E-state index is 0.0459. The van der Waals surface area contributed by atoms with Crippen molar-refractivity contribution in [3.8, 4) is 0 Å². The largest absolute Gasteiger partial charge is 0.506 e. The lowest BCUT2D eigenvalue weighted by Crippen LogP contribution is -2.48. The summed E-state index contributed by atoms with van der Waals surface area (Å²) in [6, 6.07) is 13.0. The number of aromatic nitrogens is 1. The molecule has 1 atom stereocenters. The summed E-state index contributed by atoms with van der Waals surface area (Å²) in [6.07, 6.45) is 4.31. The van der Waals surface area contributed by atoms with Gasteiger partial charge in [0.2, 0.25) is 0 Å². The first-order valence-corrected chi connectivity index (χ1v) is 7.86. The number of carbonyl (C=O) groups excluding carboxylic acids is 2. The number of benzene rings is 1. The van der Waals surface area contributed by atoms with E-state index in [1.54, 1.807) is 29.4 Å². The maximum atomic E-state index is 12.9. The molecule has 1 N–H and O–H groups in total. The van der Waals surface area contributed by atoms with Crippen LogP contribution in [0.4, 0.5) is 0 Å². The highest BCUT2D eigenvalue weighted by molar-refractivity contribution is 6.11. The molecule has 0 bridgehead atoms. The molecule has 1 aliphatic heterocycles. The third-order valence-electron chi connectivity index (χ3n) is 4.29. The Morgan fingerprint density at radius 3 is 2.67 bits per heavy atom. The quantitative estimate of drug-likeness (QED) is 0.695. The van der Waals surface area contributed by atoms with Crippen LogP contribution in [-0.2, 0) is 4.79 Å². The average molecular weight is 323 g/mol. The van der Waals surface area contributed by atoms with Crippen LogP contribution in [0.15, 0.2) is 60.6 Å². The summed E-state index contributed by atoms with van der Waals surface area (Å²) in [5.74, 6) is -0.201. The lowest BCUT2D eigenvalue weighted by Gasteiger charge is -2.31. The topological polar surface area (TPSA) is 61.5 Å². The van der Waals surface area contributed by atoms with Gasteiger partial charge in [-0.1, -0.05) is 30.3 Å². The summed E-state index contributed by atoms with van der Waals surface area (Å²) in [5.41, 5.74) is 1.68. The van der Waals surface area contributed by atoms with Gasteiger partial charge in [-0.3, -0.25) is 9.59 Å². The molecule has 2 aromatic rings. The molecule has 1 aromatic heterocycles. The summed E-state index contributed by atoms with van der Waals surface area (Å²) in [6.45, 7) is 2.43. The van der Waals surface area contributed by atoms with Gasteiger partial charge in [0.1, 0.15) is 0 Å². The number of aliphatic hydroxyl groups is 1. The van der Waals surface area contributed by atoms with Crippen LogP contribution in [0.2, 0.25) is 0 Å². The molecule has 1 aliphatic rings. The Bertz CT molecular complexity index is 799. The summed E-state index contributed by atoms with van der Waals surface area (Å²) in [7, 11) is 0. The van der Waals surface area contributed by atoms with E-state index in [0.29, 0.717) is 24.8 Å². The number of hydrogen-bond donors (Lipinski definition) is 1. The fourth-order valence-corrected chi connectivity index (χ4v) is 2.95. The van der Waals surface area contributed by atoms with E-state index in [4.69, 9.17) is 0 Å². The number of carbonyl (C=O) groups is 2. The Kier molecular flexibility index (Phi) is 4.42. The Morgan fingerprint density at radius 2 is 1.96 bits per heavy atom. The first-order chi connectivity index (χ1) is 11.6. The average Bonchev–Trinajstić information content (AvgIpc) is 2.62. The van der Waals surface area contributed by atoms with Crippen LogP contribution in [0, 0.1) is 0 Å². The molecule has 122 valence electrons. The van der Waals surface area contributed by atoms with Crippen LogP contribution >= 0.6 is 0 Å². The van der Waals surface area contributed by atoms with Crippen LogP contribution < -0.4 is 4.57 Å². The predicted octanol–water partition coefficient (Wildman–Crippen LogP) is 2.51. The fraction of sp³-hybridized carbons (Fsp3) is 0.211. The molecule has 0 aliphatic carbocycles. The van der Waals surface area contributed by atoms with E-state index in [9.17, 15) is 14.7 Å². The molecular formula is C19H19N2O3+. The molecule has 0 spiro atoms. The Morgan fingerprint density at radius 1 is 1.21 bits per heavy atom. The monoisotopic (exact) mass is 323 g/mol. The standard InChI is InChI=1S/C19H18N2O3/c1-14(16-7-3-2-4-8-16)21-11-9-17(23)18(19(21)24)20-10-5-6-15(12-20)13-22/h2-8,10,12-14H,9,11H2,1H3/p+1/t14-/m0/s1. The van der Waals surface area contributed by atoms with Crippen LogP contribution in [0.3, 0.4) is 0 Å². The van der Waals surface area contributed by atoms with E-state index in [-0.39, 0.29) is 23.4 Å². The minimum atomic E-state index is -0.247. The Labute approximate surface area is 140 Å². The fourth-order valence-electron chi connectivity index (χ4n) is 2.95. The third kappa shape index (κ3) is 2.93. The van der Waals surface area contributed by atoms with Crippen molar-refractivity contribution in [2.24, 2.45) is 0 Å². The lowest BCUT2D eigenvalue weighted by atomic mass is 10.0. The number of hydrogen-bond acceptors (Lipinski definition) is 3. The van der Waals surface area contributed by atoms with E-state index in [1.165, 1.54) is 4.57 Å². The second-order valence-corrected chi connectivity index (χ2v) is 5.79. The van der Waals surface area contributed by atoms with Gasteiger partial charge in [0.15, 0.2) is 24.4 Å². The zero-order valence-electron chi connectivity index (χ0n) is 13.4. The summed E-state index contributed by atoms with van der Waals surface area (Å²) < 4.78 is 1.52. The van der Waals surface area contributed by atoms with Gasteiger partial charge in [0.05, 0.1) is 11.6 Å². The van der Waals surface area contributed by atoms with Crippen LogP contribution in [0.25, 0.3) is 5.70 Å². The molecule has 5 heteroatoms. The van der Waals surface area contributed by atoms with E-state index < -0.39 is 0 Å². The summed E-state index contributed by atoms with van der Waals surface area (Å²) >= 11 is 0. The minimum Gasteiger partial charge on any atom is -0.506 e. The van der Waals surface area contributed by atoms with Crippen molar-refractivity contribution in [3.05, 3.63) is 71.7 Å². The molecule has 1 aromatic carbocycles. The Balaban J connectivity index is 1.95. The number of rotatable bonds is 4. The second kappa shape index (κ2) is 6.66. The van der Waals surface area contributed by atoms with Crippen molar-refractivity contribution < 1.29 is 19.3 Å². The first kappa shape index (κ1) is 15.9. The molecule has 1 amide bonds. The van der Waals surface area contributed by atoms with Crippen molar-refractivity contribution in [2.75, 3.05) is 6.54 Å². The predicted molar refractivity (Wildman–Crippen MR) is 89.1 cm³/mol. The number of aldehydes is 1. The Hall–Kier alpha value is -2.95. The molecule has 2 heterocycles. The first-order valence-electron chi connectivity index (χ1n) is 7.86. The molecule has 0 unspecified atom stereocenters. The van der Waals surface area contributed by atoms with Crippen LogP contribution in [-0.4, -0.2) is 28.7 Å². The van der Waals surface area contributed by atoms with Gasteiger partial charge >= 0.3 is 11.6 Å². The van der Waals surface area contributed by atoms with Gasteiger partial charge < -0.3 is 10.0 Å². The summed E-state index contributed by atoms with van der Waals surface area (Å²) in [4.78, 5) is 25.7. The lowest BCUT2D eigenvalue weighted by molar-refractivity contribution is -0.580. The van der Waals surface area contributed by atoms with E-state index in [1.807, 2.05) is 37.3 Å². The highest BCUT2D eigenvalue weighted by Crippen LogP contribution is 2.27. The number of nitrogens with zero attached hydrogens (tertiary/aromatic N) is 2. The molecule has 0 fully saturated rings. The SMILES string of the molecule is C[C@@H](c1ccccc1)N1CCC(O)=C([n+]2cccc(C=O)c2)C1=O. The normalized spacial score (nSPS) is 16.2. The number of amides is 1.